The number of aromatic nitrogens is 2. The van der Waals surface area contributed by atoms with Crippen molar-refractivity contribution in [2.45, 2.75) is 13.8 Å². The summed E-state index contributed by atoms with van der Waals surface area (Å²) < 4.78 is 1.60. The van der Waals surface area contributed by atoms with Crippen LogP contribution in [-0.2, 0) is 0 Å². The van der Waals surface area contributed by atoms with Crippen LogP contribution >= 0.6 is 0 Å². The van der Waals surface area contributed by atoms with E-state index >= 15 is 0 Å². The Kier molecular flexibility index (Phi) is 2.37. The molecule has 0 saturated carbocycles. The molecule has 0 saturated heterocycles. The van der Waals surface area contributed by atoms with Crippen LogP contribution in [0.1, 0.15) is 16.8 Å². The summed E-state index contributed by atoms with van der Waals surface area (Å²) >= 11 is 0. The molecule has 4 heteroatoms. The molecule has 80 valence electrons. The summed E-state index contributed by atoms with van der Waals surface area (Å²) in [5, 5.41) is 12.9. The molecule has 2 rings (SSSR count). The molecule has 0 fully saturated rings. The molecular weight excluding hydrogens is 200 g/mol. The van der Waals surface area contributed by atoms with E-state index in [1.54, 1.807) is 10.7 Å². The van der Waals surface area contributed by atoms with E-state index in [-0.39, 0.29) is 0 Å². The Morgan fingerprint density at radius 2 is 2.06 bits per heavy atom. The fraction of sp³-hybridized carbons (Fsp3) is 0.167. The molecule has 4 nitrogen and oxygen atoms in total. The molecular formula is C12H12N4. The number of nitrogens with two attached hydrogens (primary N) is 1. The van der Waals surface area contributed by atoms with Crippen molar-refractivity contribution in [3.8, 4) is 11.8 Å². The monoisotopic (exact) mass is 212 g/mol. The van der Waals surface area contributed by atoms with Crippen LogP contribution in [0.15, 0.2) is 24.3 Å². The Bertz CT molecular complexity index is 575. The number of nitrogens with zero attached hydrogens (tertiary/aromatic N) is 3. The third-order valence-corrected chi connectivity index (χ3v) is 2.44. The maximum Gasteiger partial charge on any atom is 0.165 e. The smallest absolute Gasteiger partial charge is 0.165 e. The summed E-state index contributed by atoms with van der Waals surface area (Å²) in [6.07, 6.45) is 0. The molecule has 16 heavy (non-hydrogen) atoms. The van der Waals surface area contributed by atoms with E-state index in [2.05, 4.69) is 5.10 Å². The van der Waals surface area contributed by atoms with E-state index < -0.39 is 0 Å². The lowest BCUT2D eigenvalue weighted by molar-refractivity contribution is 0.874. The summed E-state index contributed by atoms with van der Waals surface area (Å²) in [6, 6.07) is 9.59. The first-order valence-corrected chi connectivity index (χ1v) is 4.95. The number of hydrogen-bond donors (Lipinski definition) is 1. The first-order chi connectivity index (χ1) is 7.61. The van der Waals surface area contributed by atoms with Crippen LogP contribution in [0.4, 0.5) is 5.82 Å². The van der Waals surface area contributed by atoms with Crippen LogP contribution in [0.25, 0.3) is 5.69 Å². The second kappa shape index (κ2) is 3.70. The first kappa shape index (κ1) is 10.2. The number of anilines is 1. The van der Waals surface area contributed by atoms with Crippen molar-refractivity contribution < 1.29 is 0 Å². The van der Waals surface area contributed by atoms with Crippen molar-refractivity contribution in [3.63, 3.8) is 0 Å². The van der Waals surface area contributed by atoms with Crippen molar-refractivity contribution in [1.29, 1.82) is 5.26 Å². The van der Waals surface area contributed by atoms with E-state index in [9.17, 15) is 0 Å². The molecule has 2 aromatic rings. The molecule has 0 atom stereocenters. The fourth-order valence-corrected chi connectivity index (χ4v) is 1.59. The maximum absolute atomic E-state index is 8.76. The zero-order chi connectivity index (χ0) is 11.7. The van der Waals surface area contributed by atoms with Gasteiger partial charge in [-0.25, -0.2) is 4.68 Å². The van der Waals surface area contributed by atoms with Crippen LogP contribution in [0.5, 0.6) is 0 Å². The predicted octanol–water partition coefficient (Wildman–Crippen LogP) is 1.94. The Labute approximate surface area is 93.9 Å². The molecule has 0 radical (unpaired) electrons. The van der Waals surface area contributed by atoms with Crippen LogP contribution in [0.3, 0.4) is 0 Å². The summed E-state index contributed by atoms with van der Waals surface area (Å²) in [6.45, 7) is 4.00. The van der Waals surface area contributed by atoms with Gasteiger partial charge < -0.3 is 5.73 Å². The lowest BCUT2D eigenvalue weighted by Gasteiger charge is -2.08. The van der Waals surface area contributed by atoms with Crippen LogP contribution in [0.2, 0.25) is 0 Å². The average Bonchev–Trinajstić information content (AvgIpc) is 2.63. The molecule has 0 spiro atoms. The molecule has 0 aliphatic heterocycles. The van der Waals surface area contributed by atoms with Crippen LogP contribution in [0, 0.1) is 25.2 Å². The van der Waals surface area contributed by atoms with Gasteiger partial charge >= 0.3 is 0 Å². The molecule has 1 aromatic heterocycles. The highest BCUT2D eigenvalue weighted by molar-refractivity contribution is 5.50. The van der Waals surface area contributed by atoms with Gasteiger partial charge in [0.2, 0.25) is 0 Å². The maximum atomic E-state index is 8.76. The van der Waals surface area contributed by atoms with Crippen molar-refractivity contribution in [1.82, 2.24) is 9.78 Å². The molecule has 0 aliphatic carbocycles. The van der Waals surface area contributed by atoms with Crippen molar-refractivity contribution in [2.24, 2.45) is 0 Å². The Morgan fingerprint density at radius 3 is 2.69 bits per heavy atom. The molecule has 2 N–H and O–H groups in total. The predicted molar refractivity (Wildman–Crippen MR) is 62.2 cm³/mol. The van der Waals surface area contributed by atoms with Crippen molar-refractivity contribution in [3.05, 3.63) is 41.1 Å². The zero-order valence-corrected chi connectivity index (χ0v) is 9.23. The minimum atomic E-state index is 0.332. The van der Waals surface area contributed by atoms with Gasteiger partial charge in [0, 0.05) is 6.07 Å². The van der Waals surface area contributed by atoms with Gasteiger partial charge in [-0.1, -0.05) is 12.1 Å². The summed E-state index contributed by atoms with van der Waals surface area (Å²) in [4.78, 5) is 0. The van der Waals surface area contributed by atoms with Gasteiger partial charge in [0.25, 0.3) is 0 Å². The first-order valence-electron chi connectivity index (χ1n) is 4.95. The molecule has 1 heterocycles. The van der Waals surface area contributed by atoms with Gasteiger partial charge in [0.15, 0.2) is 5.69 Å². The molecule has 0 unspecified atom stereocenters. The van der Waals surface area contributed by atoms with Crippen LogP contribution in [-0.4, -0.2) is 9.78 Å². The molecule has 1 aromatic carbocycles. The van der Waals surface area contributed by atoms with E-state index in [0.29, 0.717) is 11.5 Å². The highest BCUT2D eigenvalue weighted by Crippen LogP contribution is 2.19. The minimum absolute atomic E-state index is 0.332. The van der Waals surface area contributed by atoms with E-state index in [4.69, 9.17) is 11.0 Å². The average molecular weight is 212 g/mol. The van der Waals surface area contributed by atoms with Gasteiger partial charge in [0.05, 0.1) is 5.69 Å². The second-order valence-corrected chi connectivity index (χ2v) is 3.77. The van der Waals surface area contributed by atoms with E-state index in [0.717, 1.165) is 16.8 Å². The highest BCUT2D eigenvalue weighted by Gasteiger charge is 2.08. The Hall–Kier alpha value is -2.28. The van der Waals surface area contributed by atoms with Crippen molar-refractivity contribution in [2.75, 3.05) is 5.73 Å². The topological polar surface area (TPSA) is 67.6 Å². The molecule has 0 bridgehead atoms. The van der Waals surface area contributed by atoms with Crippen LogP contribution < -0.4 is 5.73 Å². The highest BCUT2D eigenvalue weighted by atomic mass is 15.3. The Balaban J connectivity index is 2.63. The lowest BCUT2D eigenvalue weighted by atomic mass is 10.1. The third kappa shape index (κ3) is 1.63. The normalized spacial score (nSPS) is 10.1. The Morgan fingerprint density at radius 1 is 1.31 bits per heavy atom. The largest absolute Gasteiger partial charge is 0.384 e. The quantitative estimate of drug-likeness (QED) is 0.785. The lowest BCUT2D eigenvalue weighted by Crippen LogP contribution is -2.04. The van der Waals surface area contributed by atoms with Gasteiger partial charge in [-0.3, -0.25) is 0 Å². The van der Waals surface area contributed by atoms with Gasteiger partial charge in [-0.05, 0) is 31.0 Å². The van der Waals surface area contributed by atoms with Gasteiger partial charge in [-0.15, -0.1) is 0 Å². The number of aryl methyl sites for hydroxylation is 2. The standard InChI is InChI=1S/C12H12N4/c1-8-3-4-9(2)11(5-8)16-12(14)6-10(7-13)15-16/h3-6H,14H2,1-2H3. The molecule has 0 amide bonds. The number of nitrogen functional groups attached to an aromatic ring is 1. The third-order valence-electron chi connectivity index (χ3n) is 2.44. The number of hydrogen-bond acceptors (Lipinski definition) is 3. The number of rotatable bonds is 1. The van der Waals surface area contributed by atoms with Gasteiger partial charge in [-0.2, -0.15) is 10.4 Å². The number of benzene rings is 1. The van der Waals surface area contributed by atoms with E-state index in [1.165, 1.54) is 0 Å². The zero-order valence-electron chi connectivity index (χ0n) is 9.23. The second-order valence-electron chi connectivity index (χ2n) is 3.77. The summed E-state index contributed by atoms with van der Waals surface area (Å²) in [7, 11) is 0. The number of nitriles is 1. The molecule has 0 aliphatic rings. The summed E-state index contributed by atoms with van der Waals surface area (Å²) in [5.41, 5.74) is 9.27. The van der Waals surface area contributed by atoms with Crippen molar-refractivity contribution >= 4 is 5.82 Å². The summed E-state index contributed by atoms with van der Waals surface area (Å²) in [5.74, 6) is 0.477. The SMILES string of the molecule is Cc1ccc(C)c(-n2nc(C#N)cc2N)c1. The van der Waals surface area contributed by atoms with Gasteiger partial charge in [0.1, 0.15) is 11.9 Å². The minimum Gasteiger partial charge on any atom is -0.384 e. The van der Waals surface area contributed by atoms with E-state index in [1.807, 2.05) is 38.1 Å². The fourth-order valence-electron chi connectivity index (χ4n) is 1.59.